The molecule has 0 spiro atoms. The highest BCUT2D eigenvalue weighted by atomic mass is 16.5. The van der Waals surface area contributed by atoms with Crippen molar-refractivity contribution >= 4 is 0 Å². The molecule has 1 heterocycles. The van der Waals surface area contributed by atoms with Gasteiger partial charge in [-0.15, -0.1) is 6.42 Å². The Bertz CT molecular complexity index is 175. The van der Waals surface area contributed by atoms with Crippen LogP contribution < -0.4 is 0 Å². The van der Waals surface area contributed by atoms with Crippen LogP contribution in [0.25, 0.3) is 0 Å². The van der Waals surface area contributed by atoms with Crippen LogP contribution >= 0.6 is 0 Å². The summed E-state index contributed by atoms with van der Waals surface area (Å²) in [6.07, 6.45) is 7.78. The van der Waals surface area contributed by atoms with Crippen molar-refractivity contribution in [3.05, 3.63) is 0 Å². The maximum atomic E-state index is 5.50. The summed E-state index contributed by atoms with van der Waals surface area (Å²) in [4.78, 5) is 2.48. The third kappa shape index (κ3) is 3.38. The molecule has 0 N–H and O–H groups in total. The van der Waals surface area contributed by atoms with E-state index < -0.39 is 0 Å². The molecule has 0 unspecified atom stereocenters. The largest absolute Gasteiger partial charge is 0.365 e. The van der Waals surface area contributed by atoms with E-state index in [9.17, 15) is 0 Å². The normalized spacial score (nSPS) is 20.5. The van der Waals surface area contributed by atoms with E-state index in [1.165, 1.54) is 0 Å². The Hall–Kier alpha value is -0.520. The SMILES string of the molecule is C#CCOC1CCN(C(C)C)CC1. The van der Waals surface area contributed by atoms with Crippen molar-refractivity contribution in [3.63, 3.8) is 0 Å². The molecule has 13 heavy (non-hydrogen) atoms. The number of ether oxygens (including phenoxy) is 1. The Kier molecular flexibility index (Phi) is 4.27. The molecule has 74 valence electrons. The van der Waals surface area contributed by atoms with Crippen LogP contribution in [0.5, 0.6) is 0 Å². The monoisotopic (exact) mass is 181 g/mol. The summed E-state index contributed by atoms with van der Waals surface area (Å²) in [6, 6.07) is 0.661. The van der Waals surface area contributed by atoms with E-state index >= 15 is 0 Å². The van der Waals surface area contributed by atoms with Crippen molar-refractivity contribution in [3.8, 4) is 12.3 Å². The van der Waals surface area contributed by atoms with Gasteiger partial charge in [0.05, 0.1) is 6.10 Å². The predicted octanol–water partition coefficient (Wildman–Crippen LogP) is 1.51. The second-order valence-electron chi connectivity index (χ2n) is 3.84. The van der Waals surface area contributed by atoms with Crippen molar-refractivity contribution in [2.75, 3.05) is 19.7 Å². The third-order valence-electron chi connectivity index (χ3n) is 2.61. The Balaban J connectivity index is 2.19. The second-order valence-corrected chi connectivity index (χ2v) is 3.84. The van der Waals surface area contributed by atoms with Gasteiger partial charge >= 0.3 is 0 Å². The second kappa shape index (κ2) is 5.26. The van der Waals surface area contributed by atoms with Crippen molar-refractivity contribution in [1.29, 1.82) is 0 Å². The summed E-state index contributed by atoms with van der Waals surface area (Å²) in [6.45, 7) is 7.23. The topological polar surface area (TPSA) is 12.5 Å². The fourth-order valence-corrected chi connectivity index (χ4v) is 1.72. The van der Waals surface area contributed by atoms with Crippen LogP contribution in [-0.4, -0.2) is 36.7 Å². The number of terminal acetylenes is 1. The lowest BCUT2D eigenvalue weighted by Gasteiger charge is -2.34. The minimum absolute atomic E-state index is 0.394. The summed E-state index contributed by atoms with van der Waals surface area (Å²) >= 11 is 0. The summed E-state index contributed by atoms with van der Waals surface area (Å²) < 4.78 is 5.50. The van der Waals surface area contributed by atoms with E-state index in [4.69, 9.17) is 11.2 Å². The molecule has 0 aliphatic carbocycles. The molecule has 0 amide bonds. The molecule has 2 heteroatoms. The van der Waals surface area contributed by atoms with Gasteiger partial charge in [-0.1, -0.05) is 5.92 Å². The lowest BCUT2D eigenvalue weighted by molar-refractivity contribution is 0.0171. The van der Waals surface area contributed by atoms with Gasteiger partial charge in [0.25, 0.3) is 0 Å². The van der Waals surface area contributed by atoms with Crippen molar-refractivity contribution in [2.24, 2.45) is 0 Å². The van der Waals surface area contributed by atoms with Gasteiger partial charge in [0.2, 0.25) is 0 Å². The standard InChI is InChI=1S/C11H19NO/c1-4-9-13-11-5-7-12(8-6-11)10(2)3/h1,10-11H,5-9H2,2-3H3. The minimum atomic E-state index is 0.394. The van der Waals surface area contributed by atoms with E-state index in [0.717, 1.165) is 25.9 Å². The van der Waals surface area contributed by atoms with Crippen LogP contribution in [0.3, 0.4) is 0 Å². The van der Waals surface area contributed by atoms with Crippen molar-refractivity contribution < 1.29 is 4.74 Å². The quantitative estimate of drug-likeness (QED) is 0.612. The predicted molar refractivity (Wildman–Crippen MR) is 54.5 cm³/mol. The van der Waals surface area contributed by atoms with Crippen LogP contribution in [-0.2, 0) is 4.74 Å². The van der Waals surface area contributed by atoms with E-state index in [-0.39, 0.29) is 0 Å². The summed E-state index contributed by atoms with van der Waals surface area (Å²) in [7, 11) is 0. The smallest absolute Gasteiger partial charge is 0.107 e. The highest BCUT2D eigenvalue weighted by Gasteiger charge is 2.20. The molecule has 1 saturated heterocycles. The molecular weight excluding hydrogens is 162 g/mol. The average molecular weight is 181 g/mol. The molecule has 1 aliphatic heterocycles. The van der Waals surface area contributed by atoms with E-state index in [1.807, 2.05) is 0 Å². The molecule has 0 aromatic rings. The average Bonchev–Trinajstić information content (AvgIpc) is 2.15. The summed E-state index contributed by atoms with van der Waals surface area (Å²) in [5, 5.41) is 0. The van der Waals surface area contributed by atoms with Gasteiger partial charge in [-0.25, -0.2) is 0 Å². The molecule has 0 aromatic heterocycles. The number of rotatable bonds is 3. The van der Waals surface area contributed by atoms with E-state index in [1.54, 1.807) is 0 Å². The van der Waals surface area contributed by atoms with Gasteiger partial charge in [-0.2, -0.15) is 0 Å². The minimum Gasteiger partial charge on any atom is -0.365 e. The number of piperidine rings is 1. The van der Waals surface area contributed by atoms with E-state index in [0.29, 0.717) is 18.8 Å². The molecule has 1 aliphatic rings. The Labute approximate surface area is 81.3 Å². The lowest BCUT2D eigenvalue weighted by Crippen LogP contribution is -2.40. The zero-order valence-electron chi connectivity index (χ0n) is 8.62. The molecule has 0 radical (unpaired) electrons. The maximum absolute atomic E-state index is 5.50. The Morgan fingerprint density at radius 2 is 2.08 bits per heavy atom. The van der Waals surface area contributed by atoms with Gasteiger partial charge in [0, 0.05) is 19.1 Å². The fraction of sp³-hybridized carbons (Fsp3) is 0.818. The van der Waals surface area contributed by atoms with Crippen LogP contribution in [0.2, 0.25) is 0 Å². The Morgan fingerprint density at radius 3 is 2.54 bits per heavy atom. The first kappa shape index (κ1) is 10.6. The first-order valence-corrected chi connectivity index (χ1v) is 5.03. The fourth-order valence-electron chi connectivity index (χ4n) is 1.72. The van der Waals surface area contributed by atoms with Crippen molar-refractivity contribution in [1.82, 2.24) is 4.90 Å². The zero-order chi connectivity index (χ0) is 9.68. The molecule has 1 fully saturated rings. The number of likely N-dealkylation sites (tertiary alicyclic amines) is 1. The third-order valence-corrected chi connectivity index (χ3v) is 2.61. The molecule has 1 rings (SSSR count). The highest BCUT2D eigenvalue weighted by Crippen LogP contribution is 2.15. The lowest BCUT2D eigenvalue weighted by atomic mass is 10.1. The molecule has 0 bridgehead atoms. The van der Waals surface area contributed by atoms with Crippen LogP contribution in [0.15, 0.2) is 0 Å². The molecule has 0 saturated carbocycles. The highest BCUT2D eigenvalue weighted by molar-refractivity contribution is 4.84. The van der Waals surface area contributed by atoms with Gasteiger partial charge in [0.15, 0.2) is 0 Å². The molecular formula is C11H19NO. The molecule has 2 nitrogen and oxygen atoms in total. The zero-order valence-corrected chi connectivity index (χ0v) is 8.62. The number of nitrogens with zero attached hydrogens (tertiary/aromatic N) is 1. The first-order chi connectivity index (χ1) is 6.24. The van der Waals surface area contributed by atoms with Gasteiger partial charge in [-0.3, -0.25) is 0 Å². The van der Waals surface area contributed by atoms with E-state index in [2.05, 4.69) is 24.7 Å². The first-order valence-electron chi connectivity index (χ1n) is 5.03. The summed E-state index contributed by atoms with van der Waals surface area (Å²) in [5.74, 6) is 2.51. The molecule has 0 aromatic carbocycles. The van der Waals surface area contributed by atoms with Crippen LogP contribution in [0, 0.1) is 12.3 Å². The maximum Gasteiger partial charge on any atom is 0.107 e. The van der Waals surface area contributed by atoms with Crippen molar-refractivity contribution in [2.45, 2.75) is 38.8 Å². The van der Waals surface area contributed by atoms with Gasteiger partial charge < -0.3 is 9.64 Å². The van der Waals surface area contributed by atoms with Crippen LogP contribution in [0.1, 0.15) is 26.7 Å². The Morgan fingerprint density at radius 1 is 1.46 bits per heavy atom. The molecule has 0 atom stereocenters. The number of hydrogen-bond acceptors (Lipinski definition) is 2. The van der Waals surface area contributed by atoms with Gasteiger partial charge in [0.1, 0.15) is 6.61 Å². The van der Waals surface area contributed by atoms with Gasteiger partial charge in [-0.05, 0) is 26.7 Å². The summed E-state index contributed by atoms with van der Waals surface area (Å²) in [5.41, 5.74) is 0. The van der Waals surface area contributed by atoms with Crippen LogP contribution in [0.4, 0.5) is 0 Å². The number of hydrogen-bond donors (Lipinski definition) is 0.